The summed E-state index contributed by atoms with van der Waals surface area (Å²) >= 11 is 0. The van der Waals surface area contributed by atoms with Crippen LogP contribution in [0.15, 0.2) is 24.8 Å². The molecule has 0 bridgehead atoms. The zero-order valence-corrected chi connectivity index (χ0v) is 12.4. The fourth-order valence-electron chi connectivity index (χ4n) is 3.29. The van der Waals surface area contributed by atoms with Gasteiger partial charge in [-0.25, -0.2) is 13.2 Å². The molecule has 0 nitrogen and oxygen atoms in total. The Balaban J connectivity index is 1.78. The van der Waals surface area contributed by atoms with E-state index in [2.05, 4.69) is 6.58 Å². The highest BCUT2D eigenvalue weighted by Crippen LogP contribution is 2.34. The second kappa shape index (κ2) is 7.67. The molecule has 1 aromatic carbocycles. The summed E-state index contributed by atoms with van der Waals surface area (Å²) in [6.07, 6.45) is 10.7. The number of hydrogen-bond donors (Lipinski definition) is 0. The van der Waals surface area contributed by atoms with Gasteiger partial charge in [-0.1, -0.05) is 31.8 Å². The van der Waals surface area contributed by atoms with E-state index in [1.54, 1.807) is 0 Å². The lowest BCUT2D eigenvalue weighted by atomic mass is 9.78. The van der Waals surface area contributed by atoms with Crippen LogP contribution in [0.1, 0.15) is 50.5 Å². The molecule has 1 saturated carbocycles. The molecule has 0 N–H and O–H groups in total. The number of rotatable bonds is 6. The summed E-state index contributed by atoms with van der Waals surface area (Å²) in [5.41, 5.74) is 0.556. The van der Waals surface area contributed by atoms with E-state index in [1.165, 1.54) is 32.1 Å². The van der Waals surface area contributed by atoms with Crippen LogP contribution in [-0.2, 0) is 6.42 Å². The van der Waals surface area contributed by atoms with Gasteiger partial charge in [0.15, 0.2) is 17.5 Å². The molecule has 2 rings (SSSR count). The van der Waals surface area contributed by atoms with Crippen molar-refractivity contribution in [1.29, 1.82) is 0 Å². The number of allylic oxidation sites excluding steroid dienone is 1. The lowest BCUT2D eigenvalue weighted by molar-refractivity contribution is 0.254. The number of halogens is 3. The van der Waals surface area contributed by atoms with Crippen molar-refractivity contribution in [3.8, 4) is 0 Å². The first-order chi connectivity index (χ1) is 10.1. The summed E-state index contributed by atoms with van der Waals surface area (Å²) in [5.74, 6) is -2.11. The third kappa shape index (κ3) is 4.62. The minimum Gasteiger partial charge on any atom is -0.204 e. The summed E-state index contributed by atoms with van der Waals surface area (Å²) in [5, 5.41) is 0. The lowest BCUT2D eigenvalue weighted by Gasteiger charge is -2.28. The van der Waals surface area contributed by atoms with E-state index in [-0.39, 0.29) is 0 Å². The van der Waals surface area contributed by atoms with Crippen molar-refractivity contribution in [2.24, 2.45) is 11.8 Å². The summed E-state index contributed by atoms with van der Waals surface area (Å²) in [6.45, 7) is 3.76. The maximum Gasteiger partial charge on any atom is 0.194 e. The molecular weight excluding hydrogens is 273 g/mol. The summed E-state index contributed by atoms with van der Waals surface area (Å²) < 4.78 is 39.2. The van der Waals surface area contributed by atoms with Gasteiger partial charge in [0.2, 0.25) is 0 Å². The summed E-state index contributed by atoms with van der Waals surface area (Å²) in [7, 11) is 0. The minimum atomic E-state index is -1.37. The predicted molar refractivity (Wildman–Crippen MR) is 79.5 cm³/mol. The molecule has 0 spiro atoms. The van der Waals surface area contributed by atoms with Gasteiger partial charge in [-0.15, -0.1) is 6.58 Å². The van der Waals surface area contributed by atoms with Gasteiger partial charge in [0.05, 0.1) is 0 Å². The van der Waals surface area contributed by atoms with Crippen LogP contribution < -0.4 is 0 Å². The molecule has 0 radical (unpaired) electrons. The average Bonchev–Trinajstić information content (AvgIpc) is 2.49. The summed E-state index contributed by atoms with van der Waals surface area (Å²) in [4.78, 5) is 0. The number of benzene rings is 1. The van der Waals surface area contributed by atoms with Crippen LogP contribution in [0.4, 0.5) is 13.2 Å². The van der Waals surface area contributed by atoms with Crippen LogP contribution in [-0.4, -0.2) is 0 Å². The normalized spacial score (nSPS) is 22.2. The second-order valence-corrected chi connectivity index (χ2v) is 6.16. The van der Waals surface area contributed by atoms with E-state index in [0.717, 1.165) is 30.9 Å². The Morgan fingerprint density at radius 1 is 0.952 bits per heavy atom. The third-order valence-electron chi connectivity index (χ3n) is 4.63. The van der Waals surface area contributed by atoms with Crippen molar-refractivity contribution in [2.45, 2.75) is 51.4 Å². The Labute approximate surface area is 125 Å². The van der Waals surface area contributed by atoms with Crippen molar-refractivity contribution in [1.82, 2.24) is 0 Å². The molecule has 0 heterocycles. The highest BCUT2D eigenvalue weighted by Gasteiger charge is 2.20. The van der Waals surface area contributed by atoms with Gasteiger partial charge in [0, 0.05) is 0 Å². The zero-order chi connectivity index (χ0) is 15.2. The molecule has 0 saturated heterocycles. The summed E-state index contributed by atoms with van der Waals surface area (Å²) in [6, 6.07) is 2.24. The van der Waals surface area contributed by atoms with Gasteiger partial charge in [-0.2, -0.15) is 0 Å². The van der Waals surface area contributed by atoms with Gasteiger partial charge >= 0.3 is 0 Å². The maximum atomic E-state index is 13.2. The molecule has 1 aliphatic carbocycles. The van der Waals surface area contributed by atoms with Crippen LogP contribution in [0.5, 0.6) is 0 Å². The van der Waals surface area contributed by atoms with E-state index >= 15 is 0 Å². The maximum absolute atomic E-state index is 13.2. The highest BCUT2D eigenvalue weighted by atomic mass is 19.2. The molecule has 3 heteroatoms. The van der Waals surface area contributed by atoms with Crippen molar-refractivity contribution in [2.75, 3.05) is 0 Å². The van der Waals surface area contributed by atoms with Gasteiger partial charge in [0.25, 0.3) is 0 Å². The molecule has 0 aromatic heterocycles. The molecule has 0 amide bonds. The van der Waals surface area contributed by atoms with Crippen LogP contribution >= 0.6 is 0 Å². The van der Waals surface area contributed by atoms with E-state index in [0.29, 0.717) is 17.9 Å². The third-order valence-corrected chi connectivity index (χ3v) is 4.63. The zero-order valence-electron chi connectivity index (χ0n) is 12.4. The number of hydrogen-bond acceptors (Lipinski definition) is 0. The van der Waals surface area contributed by atoms with Crippen molar-refractivity contribution < 1.29 is 13.2 Å². The fourth-order valence-corrected chi connectivity index (χ4v) is 3.29. The Morgan fingerprint density at radius 3 is 2.00 bits per heavy atom. The van der Waals surface area contributed by atoms with Crippen LogP contribution in [0.3, 0.4) is 0 Å². The predicted octanol–water partition coefficient (Wildman–Crippen LogP) is 5.81. The molecule has 0 atom stereocenters. The van der Waals surface area contributed by atoms with Crippen molar-refractivity contribution in [3.63, 3.8) is 0 Å². The van der Waals surface area contributed by atoms with Crippen LogP contribution in [0.2, 0.25) is 0 Å². The Morgan fingerprint density at radius 2 is 1.48 bits per heavy atom. The van der Waals surface area contributed by atoms with Crippen LogP contribution in [0, 0.1) is 29.3 Å². The Bertz CT molecular complexity index is 450. The van der Waals surface area contributed by atoms with Crippen LogP contribution in [0.25, 0.3) is 0 Å². The van der Waals surface area contributed by atoms with Gasteiger partial charge in [-0.05, 0) is 55.2 Å². The Kier molecular flexibility index (Phi) is 5.89. The first kappa shape index (κ1) is 16.1. The molecule has 1 aliphatic rings. The van der Waals surface area contributed by atoms with Crippen molar-refractivity contribution in [3.05, 3.63) is 47.8 Å². The monoisotopic (exact) mass is 296 g/mol. The van der Waals surface area contributed by atoms with E-state index in [1.807, 2.05) is 6.08 Å². The van der Waals surface area contributed by atoms with Crippen molar-refractivity contribution >= 4 is 0 Å². The number of aryl methyl sites for hydroxylation is 1. The largest absolute Gasteiger partial charge is 0.204 e. The average molecular weight is 296 g/mol. The molecule has 0 aliphatic heterocycles. The minimum absolute atomic E-state index is 0.556. The smallest absolute Gasteiger partial charge is 0.194 e. The van der Waals surface area contributed by atoms with E-state index < -0.39 is 17.5 Å². The standard InChI is InChI=1S/C18H23F3/c1-2-3-4-13-5-7-14(8-6-13)9-10-15-11-16(19)18(21)17(20)12-15/h2,11-14H,1,3-10H2/t13-,14-. The Hall–Kier alpha value is -1.25. The van der Waals surface area contributed by atoms with E-state index in [4.69, 9.17) is 0 Å². The molecule has 1 aromatic rings. The molecule has 1 fully saturated rings. The second-order valence-electron chi connectivity index (χ2n) is 6.16. The SMILES string of the molecule is C=CCC[C@H]1CC[C@H](CCc2cc(F)c(F)c(F)c2)CC1. The lowest BCUT2D eigenvalue weighted by Crippen LogP contribution is -2.15. The molecular formula is C18H23F3. The van der Waals surface area contributed by atoms with Gasteiger partial charge in [-0.3, -0.25) is 0 Å². The molecule has 116 valence electrons. The topological polar surface area (TPSA) is 0 Å². The van der Waals surface area contributed by atoms with Gasteiger partial charge in [0.1, 0.15) is 0 Å². The first-order valence-electron chi connectivity index (χ1n) is 7.84. The molecule has 21 heavy (non-hydrogen) atoms. The van der Waals surface area contributed by atoms with E-state index in [9.17, 15) is 13.2 Å². The first-order valence-corrected chi connectivity index (χ1v) is 7.84. The fraction of sp³-hybridized carbons (Fsp3) is 0.556. The highest BCUT2D eigenvalue weighted by molar-refractivity contribution is 5.19. The quantitative estimate of drug-likeness (QED) is 0.459. The van der Waals surface area contributed by atoms with Gasteiger partial charge < -0.3 is 0 Å². The molecule has 0 unspecified atom stereocenters.